The fourth-order valence-electron chi connectivity index (χ4n) is 3.03. The molecule has 1 amide bonds. The van der Waals surface area contributed by atoms with E-state index in [-0.39, 0.29) is 11.6 Å². The number of carbonyl (C=O) groups excluding carboxylic acids is 1. The van der Waals surface area contributed by atoms with Crippen molar-refractivity contribution in [3.8, 4) is 0 Å². The Kier molecular flexibility index (Phi) is 5.72. The van der Waals surface area contributed by atoms with Crippen molar-refractivity contribution < 1.29 is 9.72 Å². The van der Waals surface area contributed by atoms with Crippen molar-refractivity contribution in [1.82, 2.24) is 15.4 Å². The van der Waals surface area contributed by atoms with E-state index < -0.39 is 16.5 Å². The lowest BCUT2D eigenvalue weighted by atomic mass is 10.0. The molecule has 1 aromatic heterocycles. The number of para-hydroxylation sites is 1. The number of aromatic nitrogens is 2. The minimum Gasteiger partial charge on any atom is -0.333 e. The minimum absolute atomic E-state index is 0.0196. The van der Waals surface area contributed by atoms with Crippen LogP contribution < -0.4 is 16.2 Å². The van der Waals surface area contributed by atoms with Crippen molar-refractivity contribution in [2.24, 2.45) is 0 Å². The third kappa shape index (κ3) is 4.28. The van der Waals surface area contributed by atoms with Crippen LogP contribution in [-0.4, -0.2) is 20.8 Å². The smallest absolute Gasteiger partial charge is 0.333 e. The molecule has 10 heteroatoms. The number of benzene rings is 3. The molecule has 1 heterocycles. The highest BCUT2D eigenvalue weighted by atomic mass is 79.9. The van der Waals surface area contributed by atoms with Crippen LogP contribution in [0.5, 0.6) is 0 Å². The molecule has 0 fully saturated rings. The first-order valence-electron chi connectivity index (χ1n) is 9.09. The minimum atomic E-state index is -0.619. The normalized spacial score (nSPS) is 10.5. The first-order valence-corrected chi connectivity index (χ1v) is 9.89. The highest BCUT2D eigenvalue weighted by Crippen LogP contribution is 2.33. The van der Waals surface area contributed by atoms with E-state index in [0.29, 0.717) is 15.7 Å². The Morgan fingerprint density at radius 1 is 0.935 bits per heavy atom. The number of halogens is 1. The number of rotatable bonds is 6. The van der Waals surface area contributed by atoms with Gasteiger partial charge < -0.3 is 5.32 Å². The van der Waals surface area contributed by atoms with Crippen molar-refractivity contribution >= 4 is 55.6 Å². The topological polar surface area (TPSA) is 122 Å². The standard InChI is InChI=1S/C21H15BrN6O3/c22-16-10-3-4-11-17(16)25-19-18(28(30)31)20(24-12-23-19)26-27-21(29)15-9-5-7-13-6-1-2-8-14(13)15/h1-12H,(H,27,29)(H2,23,24,25,26). The molecule has 0 spiro atoms. The zero-order valence-electron chi connectivity index (χ0n) is 15.9. The van der Waals surface area contributed by atoms with Gasteiger partial charge in [0.1, 0.15) is 6.33 Å². The van der Waals surface area contributed by atoms with Gasteiger partial charge in [-0.05, 0) is 44.9 Å². The number of hydrazine groups is 1. The van der Waals surface area contributed by atoms with Gasteiger partial charge in [0.05, 0.1) is 10.6 Å². The van der Waals surface area contributed by atoms with Crippen molar-refractivity contribution in [3.05, 3.63) is 93.2 Å². The van der Waals surface area contributed by atoms with Crippen LogP contribution in [0.2, 0.25) is 0 Å². The molecule has 0 atom stereocenters. The molecule has 31 heavy (non-hydrogen) atoms. The molecule has 154 valence electrons. The van der Waals surface area contributed by atoms with Crippen LogP contribution in [0.15, 0.2) is 77.5 Å². The molecule has 0 aliphatic rings. The number of amides is 1. The molecule has 0 saturated carbocycles. The quantitative estimate of drug-likeness (QED) is 0.268. The number of nitro groups is 1. The molecule has 0 aliphatic carbocycles. The second-order valence-corrected chi connectivity index (χ2v) is 7.24. The van der Waals surface area contributed by atoms with Crippen LogP contribution in [0.3, 0.4) is 0 Å². The molecule has 0 saturated heterocycles. The van der Waals surface area contributed by atoms with Gasteiger partial charge in [-0.15, -0.1) is 0 Å². The molecule has 0 radical (unpaired) electrons. The van der Waals surface area contributed by atoms with E-state index in [0.717, 1.165) is 10.8 Å². The SMILES string of the molecule is O=C(NNc1ncnc(Nc2ccccc2Br)c1[N+](=O)[O-])c1cccc2ccccc12. The molecule has 3 aromatic carbocycles. The lowest BCUT2D eigenvalue weighted by Crippen LogP contribution is -2.30. The van der Waals surface area contributed by atoms with Gasteiger partial charge in [-0.1, -0.05) is 48.5 Å². The maximum Gasteiger partial charge on any atom is 0.355 e. The summed E-state index contributed by atoms with van der Waals surface area (Å²) in [6.07, 6.45) is 1.17. The predicted octanol–water partition coefficient (Wildman–Crippen LogP) is 4.80. The summed E-state index contributed by atoms with van der Waals surface area (Å²) in [6, 6.07) is 19.9. The first-order chi connectivity index (χ1) is 15.0. The van der Waals surface area contributed by atoms with E-state index >= 15 is 0 Å². The first kappa shape index (κ1) is 20.2. The van der Waals surface area contributed by atoms with E-state index in [9.17, 15) is 14.9 Å². The Morgan fingerprint density at radius 2 is 1.65 bits per heavy atom. The summed E-state index contributed by atoms with van der Waals surface area (Å²) in [5.74, 6) is -0.623. The van der Waals surface area contributed by atoms with E-state index in [1.807, 2.05) is 36.4 Å². The van der Waals surface area contributed by atoms with Gasteiger partial charge >= 0.3 is 5.69 Å². The van der Waals surface area contributed by atoms with Crippen LogP contribution in [0.25, 0.3) is 10.8 Å². The van der Waals surface area contributed by atoms with Gasteiger partial charge in [0.2, 0.25) is 11.6 Å². The second kappa shape index (κ2) is 8.76. The van der Waals surface area contributed by atoms with E-state index in [1.54, 1.807) is 30.3 Å². The average molecular weight is 479 g/mol. The number of hydrogen-bond donors (Lipinski definition) is 3. The van der Waals surface area contributed by atoms with Gasteiger partial charge in [0.25, 0.3) is 5.91 Å². The monoisotopic (exact) mass is 478 g/mol. The summed E-state index contributed by atoms with van der Waals surface area (Å²) in [5, 5.41) is 16.3. The molecule has 4 aromatic rings. The number of hydrogen-bond acceptors (Lipinski definition) is 7. The highest BCUT2D eigenvalue weighted by molar-refractivity contribution is 9.10. The molecule has 3 N–H and O–H groups in total. The molecular weight excluding hydrogens is 464 g/mol. The zero-order chi connectivity index (χ0) is 21.8. The molecule has 0 unspecified atom stereocenters. The van der Waals surface area contributed by atoms with Crippen molar-refractivity contribution in [2.45, 2.75) is 0 Å². The fourth-order valence-corrected chi connectivity index (χ4v) is 3.42. The maximum atomic E-state index is 12.7. The predicted molar refractivity (Wildman–Crippen MR) is 121 cm³/mol. The largest absolute Gasteiger partial charge is 0.355 e. The van der Waals surface area contributed by atoms with Crippen LogP contribution in [0.1, 0.15) is 10.4 Å². The van der Waals surface area contributed by atoms with Crippen molar-refractivity contribution in [1.29, 1.82) is 0 Å². The summed E-state index contributed by atoms with van der Waals surface area (Å²) in [5.41, 5.74) is 5.65. The second-order valence-electron chi connectivity index (χ2n) is 6.39. The van der Waals surface area contributed by atoms with Crippen LogP contribution >= 0.6 is 15.9 Å². The lowest BCUT2D eigenvalue weighted by Gasteiger charge is -2.12. The fraction of sp³-hybridized carbons (Fsp3) is 0. The number of anilines is 3. The van der Waals surface area contributed by atoms with Crippen molar-refractivity contribution in [2.75, 3.05) is 10.7 Å². The Hall–Kier alpha value is -4.05. The molecule has 0 bridgehead atoms. The van der Waals surface area contributed by atoms with Crippen LogP contribution in [-0.2, 0) is 0 Å². The van der Waals surface area contributed by atoms with Gasteiger partial charge in [0, 0.05) is 10.0 Å². The summed E-state index contributed by atoms with van der Waals surface area (Å²) < 4.78 is 0.710. The third-order valence-electron chi connectivity index (χ3n) is 4.46. The summed E-state index contributed by atoms with van der Waals surface area (Å²) >= 11 is 3.38. The average Bonchev–Trinajstić information content (AvgIpc) is 2.78. The number of nitrogens with one attached hydrogen (secondary N) is 3. The zero-order valence-corrected chi connectivity index (χ0v) is 17.5. The summed E-state index contributed by atoms with van der Waals surface area (Å²) in [6.45, 7) is 0. The maximum absolute atomic E-state index is 12.7. The van der Waals surface area contributed by atoms with Crippen LogP contribution in [0, 0.1) is 10.1 Å². The van der Waals surface area contributed by atoms with Gasteiger partial charge in [0.15, 0.2) is 0 Å². The van der Waals surface area contributed by atoms with Gasteiger partial charge in [-0.2, -0.15) is 0 Å². The van der Waals surface area contributed by atoms with E-state index in [1.165, 1.54) is 6.33 Å². The van der Waals surface area contributed by atoms with Crippen molar-refractivity contribution in [3.63, 3.8) is 0 Å². The van der Waals surface area contributed by atoms with E-state index in [2.05, 4.69) is 42.1 Å². The Morgan fingerprint density at radius 3 is 2.45 bits per heavy atom. The number of carbonyl (C=O) groups is 1. The third-order valence-corrected chi connectivity index (χ3v) is 5.15. The number of fused-ring (bicyclic) bond motifs is 1. The Bertz CT molecular complexity index is 1290. The lowest BCUT2D eigenvalue weighted by molar-refractivity contribution is -0.383. The molecule has 9 nitrogen and oxygen atoms in total. The summed E-state index contributed by atoms with van der Waals surface area (Å²) in [7, 11) is 0. The Labute approximate surface area is 184 Å². The van der Waals surface area contributed by atoms with E-state index in [4.69, 9.17) is 0 Å². The summed E-state index contributed by atoms with van der Waals surface area (Å²) in [4.78, 5) is 31.7. The highest BCUT2D eigenvalue weighted by Gasteiger charge is 2.24. The van der Waals surface area contributed by atoms with Gasteiger partial charge in [-0.3, -0.25) is 25.8 Å². The van der Waals surface area contributed by atoms with Gasteiger partial charge in [-0.25, -0.2) is 9.97 Å². The van der Waals surface area contributed by atoms with Crippen LogP contribution in [0.4, 0.5) is 23.0 Å². The molecular formula is C21H15BrN6O3. The molecule has 0 aliphatic heterocycles. The molecule has 4 rings (SSSR count). The number of nitrogens with zero attached hydrogens (tertiary/aromatic N) is 3. The Balaban J connectivity index is 1.60.